The number of fused-ring (bicyclic) bond motifs is 3. The lowest BCUT2D eigenvalue weighted by Gasteiger charge is -1.97. The highest BCUT2D eigenvalue weighted by Crippen LogP contribution is 2.29. The number of imidazole rings is 1. The van der Waals surface area contributed by atoms with Gasteiger partial charge in [0.25, 0.3) is 0 Å². The largest absolute Gasteiger partial charge is 0.579 e. The van der Waals surface area contributed by atoms with Crippen LogP contribution in [0.2, 0.25) is 0 Å². The van der Waals surface area contributed by atoms with Gasteiger partial charge in [0, 0.05) is 24.0 Å². The van der Waals surface area contributed by atoms with E-state index in [0.717, 1.165) is 26.6 Å². The molecule has 0 amide bonds. The molecule has 4 aromatic heterocycles. The molecule has 0 spiro atoms. The Hall–Kier alpha value is -2.67. The van der Waals surface area contributed by atoms with Crippen molar-refractivity contribution in [2.45, 2.75) is 0 Å². The highest BCUT2D eigenvalue weighted by atomic mass is 32.1. The van der Waals surface area contributed by atoms with E-state index in [1.54, 1.807) is 19.4 Å². The second kappa shape index (κ2) is 4.42. The normalized spacial score (nSPS) is 11.3. The van der Waals surface area contributed by atoms with Gasteiger partial charge in [0.2, 0.25) is 5.88 Å². The molecule has 0 unspecified atom stereocenters. The minimum Gasteiger partial charge on any atom is -0.579 e. The molecule has 4 aromatic rings. The lowest BCUT2D eigenvalue weighted by Crippen LogP contribution is -1.86. The molecule has 0 bridgehead atoms. The molecule has 0 aliphatic carbocycles. The quantitative estimate of drug-likeness (QED) is 0.533. The molecule has 0 saturated carbocycles. The van der Waals surface area contributed by atoms with Crippen LogP contribution < -0.4 is 4.74 Å². The van der Waals surface area contributed by atoms with Gasteiger partial charge in [0.1, 0.15) is 4.83 Å². The summed E-state index contributed by atoms with van der Waals surface area (Å²) in [6.45, 7) is 0. The highest BCUT2D eigenvalue weighted by Gasteiger charge is 2.12. The van der Waals surface area contributed by atoms with Gasteiger partial charge < -0.3 is 9.84 Å². The minimum absolute atomic E-state index is 0.251. The Morgan fingerprint density at radius 3 is 2.86 bits per heavy atom. The number of nitrogens with zero attached hydrogens (tertiary/aromatic N) is 4. The Morgan fingerprint density at radius 2 is 2.10 bits per heavy atom. The van der Waals surface area contributed by atoms with Crippen molar-refractivity contribution >= 4 is 26.6 Å². The molecule has 4 rings (SSSR count). The lowest BCUT2D eigenvalue weighted by molar-refractivity contribution is 0.400. The van der Waals surface area contributed by atoms with E-state index in [9.17, 15) is 0 Å². The SMILES string of the molecule is COc1ccc2c(n1)sc1nc(-c3ccc([OH2+])nc3)cn12. The number of hydrogen-bond acceptors (Lipinski definition) is 5. The number of aromatic nitrogens is 4. The van der Waals surface area contributed by atoms with E-state index in [-0.39, 0.29) is 5.88 Å². The molecule has 0 radical (unpaired) electrons. The van der Waals surface area contributed by atoms with Crippen molar-refractivity contribution in [1.82, 2.24) is 19.4 Å². The topological polar surface area (TPSA) is 75.2 Å². The summed E-state index contributed by atoms with van der Waals surface area (Å²) >= 11 is 1.51. The van der Waals surface area contributed by atoms with Crippen LogP contribution in [-0.2, 0) is 0 Å². The van der Waals surface area contributed by atoms with Crippen molar-refractivity contribution in [2.75, 3.05) is 7.11 Å². The standard InChI is InChI=1S/C14H10N4O2S/c1-20-12-5-3-10-13(17-12)21-14-16-9(7-18(10)14)8-2-4-11(19)15-6-8/h2-7H,1H3,(H,15,19)/p+1. The molecule has 0 aliphatic rings. The molecule has 21 heavy (non-hydrogen) atoms. The number of pyridine rings is 2. The van der Waals surface area contributed by atoms with Crippen LogP contribution in [0, 0.1) is 0 Å². The first-order chi connectivity index (χ1) is 10.2. The first-order valence-corrected chi connectivity index (χ1v) is 7.07. The summed E-state index contributed by atoms with van der Waals surface area (Å²) < 4.78 is 7.15. The van der Waals surface area contributed by atoms with Gasteiger partial charge in [0.15, 0.2) is 4.96 Å². The van der Waals surface area contributed by atoms with Gasteiger partial charge in [-0.3, -0.25) is 4.40 Å². The Kier molecular flexibility index (Phi) is 2.55. The van der Waals surface area contributed by atoms with E-state index in [1.807, 2.05) is 28.8 Å². The van der Waals surface area contributed by atoms with Crippen LogP contribution in [0.5, 0.6) is 11.8 Å². The summed E-state index contributed by atoms with van der Waals surface area (Å²) in [6, 6.07) is 7.32. The Balaban J connectivity index is 1.88. The van der Waals surface area contributed by atoms with Crippen LogP contribution in [0.3, 0.4) is 0 Å². The lowest BCUT2D eigenvalue weighted by atomic mass is 10.2. The van der Waals surface area contributed by atoms with Gasteiger partial charge in [-0.2, -0.15) is 4.98 Å². The average Bonchev–Trinajstić information content (AvgIpc) is 3.04. The van der Waals surface area contributed by atoms with Crippen molar-refractivity contribution in [3.05, 3.63) is 36.7 Å². The van der Waals surface area contributed by atoms with Crippen LogP contribution in [0.1, 0.15) is 0 Å². The maximum atomic E-state index is 7.42. The third kappa shape index (κ3) is 1.90. The minimum atomic E-state index is 0.251. The van der Waals surface area contributed by atoms with Crippen LogP contribution >= 0.6 is 11.3 Å². The van der Waals surface area contributed by atoms with Gasteiger partial charge >= 0.3 is 5.88 Å². The summed E-state index contributed by atoms with van der Waals surface area (Å²) in [6.07, 6.45) is 3.63. The van der Waals surface area contributed by atoms with Crippen molar-refractivity contribution in [3.8, 4) is 23.0 Å². The summed E-state index contributed by atoms with van der Waals surface area (Å²) in [5, 5.41) is 7.42. The molecular formula is C14H11N4O2S+. The Labute approximate surface area is 123 Å². The van der Waals surface area contributed by atoms with E-state index >= 15 is 0 Å². The third-order valence-electron chi connectivity index (χ3n) is 3.20. The van der Waals surface area contributed by atoms with Crippen LogP contribution in [-0.4, -0.2) is 31.6 Å². The maximum absolute atomic E-state index is 7.42. The zero-order valence-electron chi connectivity index (χ0n) is 11.1. The van der Waals surface area contributed by atoms with Gasteiger partial charge in [-0.25, -0.2) is 9.97 Å². The molecule has 0 aliphatic heterocycles. The summed E-state index contributed by atoms with van der Waals surface area (Å²) in [7, 11) is 1.61. The number of hydrogen-bond donors (Lipinski definition) is 0. The molecule has 7 heteroatoms. The van der Waals surface area contributed by atoms with Gasteiger partial charge in [-0.1, -0.05) is 11.3 Å². The Bertz CT molecular complexity index is 943. The predicted molar refractivity (Wildman–Crippen MR) is 81.2 cm³/mol. The van der Waals surface area contributed by atoms with E-state index < -0.39 is 0 Å². The number of methoxy groups -OCH3 is 1. The zero-order chi connectivity index (χ0) is 14.4. The smallest absolute Gasteiger partial charge is 0.356 e. The van der Waals surface area contributed by atoms with Crippen LogP contribution in [0.4, 0.5) is 0 Å². The summed E-state index contributed by atoms with van der Waals surface area (Å²) in [4.78, 5) is 14.8. The molecule has 0 saturated heterocycles. The summed E-state index contributed by atoms with van der Waals surface area (Å²) in [5.74, 6) is 0.851. The van der Waals surface area contributed by atoms with E-state index in [1.165, 1.54) is 11.3 Å². The molecule has 0 atom stereocenters. The fourth-order valence-electron chi connectivity index (χ4n) is 2.17. The average molecular weight is 299 g/mol. The van der Waals surface area contributed by atoms with Crippen LogP contribution in [0.15, 0.2) is 36.7 Å². The molecule has 2 N–H and O–H groups in total. The zero-order valence-corrected chi connectivity index (χ0v) is 11.9. The van der Waals surface area contributed by atoms with Gasteiger partial charge in [-0.05, 0) is 12.1 Å². The molecule has 4 heterocycles. The summed E-state index contributed by atoms with van der Waals surface area (Å²) in [5.41, 5.74) is 2.74. The van der Waals surface area contributed by atoms with E-state index in [4.69, 9.17) is 9.84 Å². The molecule has 104 valence electrons. The fourth-order valence-corrected chi connectivity index (χ4v) is 3.14. The van der Waals surface area contributed by atoms with Crippen molar-refractivity contribution in [1.29, 1.82) is 0 Å². The third-order valence-corrected chi connectivity index (χ3v) is 4.17. The molecular weight excluding hydrogens is 288 g/mol. The van der Waals surface area contributed by atoms with Gasteiger partial charge in [-0.15, -0.1) is 0 Å². The highest BCUT2D eigenvalue weighted by molar-refractivity contribution is 7.23. The van der Waals surface area contributed by atoms with Crippen LogP contribution in [0.25, 0.3) is 26.6 Å². The van der Waals surface area contributed by atoms with Crippen molar-refractivity contribution in [2.24, 2.45) is 0 Å². The number of thiazole rings is 1. The molecule has 0 fully saturated rings. The molecule has 6 nitrogen and oxygen atoms in total. The second-order valence-electron chi connectivity index (χ2n) is 4.49. The number of ether oxygens (including phenoxy) is 1. The van der Waals surface area contributed by atoms with Crippen molar-refractivity contribution < 1.29 is 9.84 Å². The fraction of sp³-hybridized carbons (Fsp3) is 0.0714. The van der Waals surface area contributed by atoms with E-state index in [0.29, 0.717) is 5.88 Å². The monoisotopic (exact) mass is 299 g/mol. The maximum Gasteiger partial charge on any atom is 0.356 e. The molecule has 0 aromatic carbocycles. The first kappa shape index (κ1) is 12.1. The van der Waals surface area contributed by atoms with Crippen molar-refractivity contribution in [3.63, 3.8) is 0 Å². The number of rotatable bonds is 2. The Morgan fingerprint density at radius 1 is 1.19 bits per heavy atom. The first-order valence-electron chi connectivity index (χ1n) is 6.25. The van der Waals surface area contributed by atoms with E-state index in [2.05, 4.69) is 15.0 Å². The predicted octanol–water partition coefficient (Wildman–Crippen LogP) is 2.45. The van der Waals surface area contributed by atoms with Gasteiger partial charge in [0.05, 0.1) is 24.4 Å². The second-order valence-corrected chi connectivity index (χ2v) is 5.45.